The maximum absolute atomic E-state index is 14.2. The van der Waals surface area contributed by atoms with Gasteiger partial charge in [0, 0.05) is 23.5 Å². The molecule has 1 aliphatic rings. The van der Waals surface area contributed by atoms with E-state index in [1.54, 1.807) is 6.92 Å². The SMILES string of the molecule is CCOc1ccc(S(=O)(=O)N2CCCCC2)cc1NC(=O)CSc1ccc(C(C)=O)cc1F. The van der Waals surface area contributed by atoms with Gasteiger partial charge in [0.05, 0.1) is 22.9 Å². The van der Waals surface area contributed by atoms with E-state index in [2.05, 4.69) is 5.32 Å². The number of ketones is 1. The third kappa shape index (κ3) is 6.33. The highest BCUT2D eigenvalue weighted by Gasteiger charge is 2.27. The number of thioether (sulfide) groups is 1. The van der Waals surface area contributed by atoms with Gasteiger partial charge in [0.2, 0.25) is 15.9 Å². The number of hydrogen-bond donors (Lipinski definition) is 1. The van der Waals surface area contributed by atoms with E-state index in [0.717, 1.165) is 37.1 Å². The van der Waals surface area contributed by atoms with Gasteiger partial charge in [-0.15, -0.1) is 11.8 Å². The Hall–Kier alpha value is -2.43. The van der Waals surface area contributed by atoms with Crippen LogP contribution in [0, 0.1) is 5.82 Å². The minimum absolute atomic E-state index is 0.0849. The summed E-state index contributed by atoms with van der Waals surface area (Å²) in [6.45, 7) is 4.42. The molecule has 33 heavy (non-hydrogen) atoms. The first-order valence-electron chi connectivity index (χ1n) is 10.7. The second kappa shape index (κ2) is 11.1. The lowest BCUT2D eigenvalue weighted by Crippen LogP contribution is -2.35. The lowest BCUT2D eigenvalue weighted by atomic mass is 10.1. The van der Waals surface area contributed by atoms with Crippen molar-refractivity contribution in [3.05, 3.63) is 47.8 Å². The number of halogens is 1. The highest BCUT2D eigenvalue weighted by atomic mass is 32.2. The molecule has 0 bridgehead atoms. The van der Waals surface area contributed by atoms with Crippen LogP contribution in [0.5, 0.6) is 5.75 Å². The van der Waals surface area contributed by atoms with Crippen molar-refractivity contribution < 1.29 is 27.1 Å². The van der Waals surface area contributed by atoms with E-state index in [1.165, 1.54) is 41.6 Å². The third-order valence-electron chi connectivity index (χ3n) is 5.17. The molecule has 1 saturated heterocycles. The molecule has 1 fully saturated rings. The summed E-state index contributed by atoms with van der Waals surface area (Å²) in [6, 6.07) is 8.52. The Kier molecular flexibility index (Phi) is 8.50. The predicted molar refractivity (Wildman–Crippen MR) is 126 cm³/mol. The van der Waals surface area contributed by atoms with E-state index < -0.39 is 21.7 Å². The molecule has 1 N–H and O–H groups in total. The fraction of sp³-hybridized carbons (Fsp3) is 0.391. The van der Waals surface area contributed by atoms with E-state index in [1.807, 2.05) is 0 Å². The summed E-state index contributed by atoms with van der Waals surface area (Å²) in [4.78, 5) is 24.3. The van der Waals surface area contributed by atoms with Gasteiger partial charge < -0.3 is 10.1 Å². The molecule has 0 saturated carbocycles. The van der Waals surface area contributed by atoms with Crippen LogP contribution in [-0.4, -0.2) is 49.9 Å². The Balaban J connectivity index is 1.75. The van der Waals surface area contributed by atoms with Crippen molar-refractivity contribution >= 4 is 39.2 Å². The van der Waals surface area contributed by atoms with Crippen LogP contribution in [0.1, 0.15) is 43.5 Å². The van der Waals surface area contributed by atoms with Crippen LogP contribution < -0.4 is 10.1 Å². The van der Waals surface area contributed by atoms with E-state index in [-0.39, 0.29) is 32.6 Å². The Labute approximate surface area is 197 Å². The smallest absolute Gasteiger partial charge is 0.243 e. The molecule has 0 radical (unpaired) electrons. The number of ether oxygens (including phenoxy) is 1. The number of piperidine rings is 1. The van der Waals surface area contributed by atoms with Crippen molar-refractivity contribution in [1.29, 1.82) is 0 Å². The van der Waals surface area contributed by atoms with Crippen molar-refractivity contribution in [3.8, 4) is 5.75 Å². The number of anilines is 1. The largest absolute Gasteiger partial charge is 0.492 e. The minimum Gasteiger partial charge on any atom is -0.492 e. The van der Waals surface area contributed by atoms with Crippen LogP contribution in [0.2, 0.25) is 0 Å². The second-order valence-corrected chi connectivity index (χ2v) is 10.5. The van der Waals surface area contributed by atoms with Crippen LogP contribution in [0.25, 0.3) is 0 Å². The van der Waals surface area contributed by atoms with Crippen LogP contribution in [0.15, 0.2) is 46.2 Å². The lowest BCUT2D eigenvalue weighted by Gasteiger charge is -2.26. The fourth-order valence-electron chi connectivity index (χ4n) is 3.47. The number of hydrogen-bond acceptors (Lipinski definition) is 6. The monoisotopic (exact) mass is 494 g/mol. The molecule has 1 amide bonds. The van der Waals surface area contributed by atoms with Crippen LogP contribution in [-0.2, 0) is 14.8 Å². The average Bonchev–Trinajstić information content (AvgIpc) is 2.80. The predicted octanol–water partition coefficient (Wildman–Crippen LogP) is 4.33. The molecule has 0 unspecified atom stereocenters. The first-order chi connectivity index (χ1) is 15.7. The maximum Gasteiger partial charge on any atom is 0.243 e. The Bertz CT molecular complexity index is 1130. The zero-order valence-electron chi connectivity index (χ0n) is 18.6. The van der Waals surface area contributed by atoms with Crippen LogP contribution in [0.4, 0.5) is 10.1 Å². The first-order valence-corrected chi connectivity index (χ1v) is 13.1. The molecule has 10 heteroatoms. The molecule has 2 aromatic rings. The van der Waals surface area contributed by atoms with Gasteiger partial charge in [-0.1, -0.05) is 12.5 Å². The van der Waals surface area contributed by atoms with Gasteiger partial charge in [0.15, 0.2) is 5.78 Å². The van der Waals surface area contributed by atoms with Crippen molar-refractivity contribution in [2.24, 2.45) is 0 Å². The number of sulfonamides is 1. The summed E-state index contributed by atoms with van der Waals surface area (Å²) < 4.78 is 47.3. The number of nitrogens with one attached hydrogen (secondary N) is 1. The van der Waals surface area contributed by atoms with Gasteiger partial charge in [0.25, 0.3) is 0 Å². The van der Waals surface area contributed by atoms with Crippen molar-refractivity contribution in [1.82, 2.24) is 4.31 Å². The quantitative estimate of drug-likeness (QED) is 0.412. The summed E-state index contributed by atoms with van der Waals surface area (Å²) >= 11 is 0.981. The van der Waals surface area contributed by atoms with Crippen molar-refractivity contribution in [2.45, 2.75) is 42.9 Å². The number of rotatable bonds is 9. The number of Topliss-reactive ketones (excluding diaryl/α,β-unsaturated/α-hetero) is 1. The topological polar surface area (TPSA) is 92.8 Å². The number of carbonyl (C=O) groups is 2. The molecule has 0 aromatic heterocycles. The highest BCUT2D eigenvalue weighted by Crippen LogP contribution is 2.31. The number of nitrogens with zero attached hydrogens (tertiary/aromatic N) is 1. The first kappa shape index (κ1) is 25.2. The molecular weight excluding hydrogens is 467 g/mol. The molecule has 0 spiro atoms. The van der Waals surface area contributed by atoms with Crippen molar-refractivity contribution in [2.75, 3.05) is 30.8 Å². The molecule has 1 aliphatic heterocycles. The summed E-state index contributed by atoms with van der Waals surface area (Å²) in [7, 11) is -3.68. The number of amides is 1. The number of carbonyl (C=O) groups excluding carboxylic acids is 2. The Morgan fingerprint density at radius 2 is 1.85 bits per heavy atom. The second-order valence-electron chi connectivity index (χ2n) is 7.59. The van der Waals surface area contributed by atoms with E-state index >= 15 is 0 Å². The fourth-order valence-corrected chi connectivity index (χ4v) is 5.73. The van der Waals surface area contributed by atoms with Gasteiger partial charge in [-0.25, -0.2) is 12.8 Å². The zero-order valence-corrected chi connectivity index (χ0v) is 20.2. The Morgan fingerprint density at radius 3 is 2.48 bits per heavy atom. The van der Waals surface area contributed by atoms with Crippen molar-refractivity contribution in [3.63, 3.8) is 0 Å². The zero-order chi connectivity index (χ0) is 24.0. The highest BCUT2D eigenvalue weighted by molar-refractivity contribution is 8.00. The van der Waals surface area contributed by atoms with E-state index in [0.29, 0.717) is 25.4 Å². The molecule has 178 valence electrons. The minimum atomic E-state index is -3.68. The molecule has 0 atom stereocenters. The molecule has 1 heterocycles. The molecular formula is C23H27FN2O5S2. The standard InChI is InChI=1S/C23H27FN2O5S2/c1-3-31-21-9-8-18(33(29,30)26-11-5-4-6-12-26)14-20(21)25-23(28)15-32-22-10-7-17(16(2)27)13-19(22)24/h7-10,13-14H,3-6,11-12,15H2,1-2H3,(H,25,28). The molecule has 3 rings (SSSR count). The normalized spacial score (nSPS) is 14.6. The maximum atomic E-state index is 14.2. The average molecular weight is 495 g/mol. The Morgan fingerprint density at radius 1 is 1.12 bits per heavy atom. The summed E-state index contributed by atoms with van der Waals surface area (Å²) in [5, 5.41) is 2.69. The number of benzene rings is 2. The van der Waals surface area contributed by atoms with Gasteiger partial charge in [0.1, 0.15) is 11.6 Å². The van der Waals surface area contributed by atoms with Gasteiger partial charge >= 0.3 is 0 Å². The van der Waals surface area contributed by atoms with Crippen LogP contribution >= 0.6 is 11.8 Å². The van der Waals surface area contributed by atoms with Crippen LogP contribution in [0.3, 0.4) is 0 Å². The van der Waals surface area contributed by atoms with Gasteiger partial charge in [-0.3, -0.25) is 9.59 Å². The van der Waals surface area contributed by atoms with E-state index in [4.69, 9.17) is 4.74 Å². The summed E-state index contributed by atoms with van der Waals surface area (Å²) in [5.41, 5.74) is 0.502. The van der Waals surface area contributed by atoms with Gasteiger partial charge in [-0.05, 0) is 57.0 Å². The van der Waals surface area contributed by atoms with E-state index in [9.17, 15) is 22.4 Å². The molecule has 0 aliphatic carbocycles. The molecule has 2 aromatic carbocycles. The summed E-state index contributed by atoms with van der Waals surface area (Å²) in [5.74, 6) is -1.02. The lowest BCUT2D eigenvalue weighted by molar-refractivity contribution is -0.113. The van der Waals surface area contributed by atoms with Gasteiger partial charge in [-0.2, -0.15) is 4.31 Å². The third-order valence-corrected chi connectivity index (χ3v) is 8.12. The molecule has 7 nitrogen and oxygen atoms in total. The summed E-state index contributed by atoms with van der Waals surface area (Å²) in [6.07, 6.45) is 2.65.